The van der Waals surface area contributed by atoms with Gasteiger partial charge in [0.25, 0.3) is 0 Å². The molecule has 2 aromatic rings. The zero-order chi connectivity index (χ0) is 24.9. The smallest absolute Gasteiger partial charge is 0.468 e. The van der Waals surface area contributed by atoms with Gasteiger partial charge in [0.1, 0.15) is 5.75 Å². The fourth-order valence-corrected chi connectivity index (χ4v) is 1.92. The van der Waals surface area contributed by atoms with Crippen LogP contribution < -0.4 is 24.8 Å². The lowest BCUT2D eigenvalue weighted by Gasteiger charge is -2.13. The van der Waals surface area contributed by atoms with Crippen LogP contribution >= 0.6 is 0 Å². The van der Waals surface area contributed by atoms with Crippen molar-refractivity contribution in [3.8, 4) is 17.5 Å². The number of aromatic nitrogens is 2. The second-order valence-corrected chi connectivity index (χ2v) is 5.83. The molecule has 0 aliphatic heterocycles. The van der Waals surface area contributed by atoms with Crippen LogP contribution in [0.5, 0.6) is 17.5 Å². The Morgan fingerprint density at radius 2 is 1.27 bits per heavy atom. The van der Waals surface area contributed by atoms with Gasteiger partial charge in [-0.2, -0.15) is 36.3 Å². The predicted octanol–water partition coefficient (Wildman–Crippen LogP) is 4.90. The average molecular weight is 494 g/mol. The van der Waals surface area contributed by atoms with Crippen molar-refractivity contribution in [1.29, 1.82) is 0 Å². The summed E-state index contributed by atoms with van der Waals surface area (Å²) in [7, 11) is 0. The SMILES string of the molecule is O=C(Nc1ccc(OC(F)(F)F)cc1)Nc1nc(OCC(F)(F)F)cc(OCC(F)(F)F)n1. The number of benzene rings is 1. The van der Waals surface area contributed by atoms with Crippen molar-refractivity contribution in [3.05, 3.63) is 30.3 Å². The summed E-state index contributed by atoms with van der Waals surface area (Å²) in [6.07, 6.45) is -14.5. The third-order valence-corrected chi connectivity index (χ3v) is 3.02. The van der Waals surface area contributed by atoms with Crippen molar-refractivity contribution in [2.24, 2.45) is 0 Å². The lowest BCUT2D eigenvalue weighted by Crippen LogP contribution is -2.23. The van der Waals surface area contributed by atoms with Gasteiger partial charge in [-0.05, 0) is 24.3 Å². The molecule has 0 fully saturated rings. The molecule has 2 amide bonds. The topological polar surface area (TPSA) is 94.6 Å². The zero-order valence-electron chi connectivity index (χ0n) is 15.7. The number of urea groups is 1. The molecule has 0 saturated carbocycles. The van der Waals surface area contributed by atoms with Gasteiger partial charge in [-0.1, -0.05) is 0 Å². The number of halogens is 9. The highest BCUT2D eigenvalue weighted by Gasteiger charge is 2.31. The standard InChI is InChI=1S/C16H11F9N4O4/c17-14(18,19)6-31-10-5-11(32-7-15(20,21)22)28-12(27-10)29-13(30)26-8-1-3-9(4-2-8)33-16(23,24)25/h1-5H,6-7H2,(H2,26,27,28,29,30). The summed E-state index contributed by atoms with van der Waals surface area (Å²) >= 11 is 0. The molecular weight excluding hydrogens is 483 g/mol. The van der Waals surface area contributed by atoms with Crippen LogP contribution in [0.4, 0.5) is 55.9 Å². The molecular formula is C16H11F9N4O4. The normalized spacial score (nSPS) is 12.2. The van der Waals surface area contributed by atoms with E-state index in [1.54, 1.807) is 0 Å². The summed E-state index contributed by atoms with van der Waals surface area (Å²) in [6, 6.07) is 3.17. The van der Waals surface area contributed by atoms with E-state index in [-0.39, 0.29) is 5.69 Å². The number of alkyl halides is 9. The third kappa shape index (κ3) is 10.5. The van der Waals surface area contributed by atoms with Gasteiger partial charge >= 0.3 is 24.7 Å². The molecule has 182 valence electrons. The number of hydrogen-bond donors (Lipinski definition) is 2. The molecule has 0 radical (unpaired) electrons. The van der Waals surface area contributed by atoms with Gasteiger partial charge in [-0.15, -0.1) is 13.2 Å². The number of nitrogens with zero attached hydrogens (tertiary/aromatic N) is 2. The molecule has 2 rings (SSSR count). The van der Waals surface area contributed by atoms with Crippen LogP contribution in [0, 0.1) is 0 Å². The fourth-order valence-electron chi connectivity index (χ4n) is 1.92. The monoisotopic (exact) mass is 494 g/mol. The van der Waals surface area contributed by atoms with E-state index in [0.29, 0.717) is 6.07 Å². The van der Waals surface area contributed by atoms with Gasteiger partial charge in [0.05, 0.1) is 6.07 Å². The van der Waals surface area contributed by atoms with E-state index in [9.17, 15) is 44.3 Å². The molecule has 0 saturated heterocycles. The number of rotatable bonds is 7. The van der Waals surface area contributed by atoms with Crippen LogP contribution in [0.15, 0.2) is 30.3 Å². The number of anilines is 2. The highest BCUT2D eigenvalue weighted by Crippen LogP contribution is 2.25. The summed E-state index contributed by atoms with van der Waals surface area (Å²) in [5.74, 6) is -3.09. The summed E-state index contributed by atoms with van der Waals surface area (Å²) in [5.41, 5.74) is -0.0555. The Bertz CT molecular complexity index is 911. The summed E-state index contributed by atoms with van der Waals surface area (Å²) < 4.78 is 123. The maximum atomic E-state index is 12.3. The van der Waals surface area contributed by atoms with Gasteiger partial charge in [0.2, 0.25) is 17.7 Å². The minimum absolute atomic E-state index is 0.0555. The number of nitrogens with one attached hydrogen (secondary N) is 2. The van der Waals surface area contributed by atoms with Crippen LogP contribution in [-0.2, 0) is 0 Å². The van der Waals surface area contributed by atoms with E-state index in [1.165, 1.54) is 0 Å². The molecule has 0 atom stereocenters. The van der Waals surface area contributed by atoms with Crippen LogP contribution in [-0.4, -0.2) is 47.9 Å². The number of ether oxygens (including phenoxy) is 3. The highest BCUT2D eigenvalue weighted by atomic mass is 19.4. The molecule has 1 aromatic carbocycles. The molecule has 17 heteroatoms. The van der Waals surface area contributed by atoms with E-state index in [1.807, 2.05) is 5.32 Å². The summed E-state index contributed by atoms with van der Waals surface area (Å²) in [6.45, 7) is -3.69. The van der Waals surface area contributed by atoms with Crippen molar-refractivity contribution >= 4 is 17.7 Å². The van der Waals surface area contributed by atoms with Gasteiger partial charge in [-0.3, -0.25) is 5.32 Å². The Morgan fingerprint density at radius 1 is 0.788 bits per heavy atom. The van der Waals surface area contributed by atoms with Crippen molar-refractivity contribution in [1.82, 2.24) is 9.97 Å². The molecule has 2 N–H and O–H groups in total. The summed E-state index contributed by atoms with van der Waals surface area (Å²) in [4.78, 5) is 18.8. The first-order valence-corrected chi connectivity index (χ1v) is 8.30. The number of carbonyl (C=O) groups is 1. The van der Waals surface area contributed by atoms with Gasteiger partial charge in [0.15, 0.2) is 13.2 Å². The summed E-state index contributed by atoms with van der Waals surface area (Å²) in [5, 5.41) is 4.04. The number of amides is 2. The van der Waals surface area contributed by atoms with Crippen molar-refractivity contribution in [2.45, 2.75) is 18.7 Å². The Morgan fingerprint density at radius 3 is 1.70 bits per heavy atom. The lowest BCUT2D eigenvalue weighted by molar-refractivity contribution is -0.274. The van der Waals surface area contributed by atoms with Crippen molar-refractivity contribution < 1.29 is 58.5 Å². The van der Waals surface area contributed by atoms with Crippen LogP contribution in [0.3, 0.4) is 0 Å². The van der Waals surface area contributed by atoms with Crippen LogP contribution in [0.25, 0.3) is 0 Å². The minimum Gasteiger partial charge on any atom is -0.468 e. The third-order valence-electron chi connectivity index (χ3n) is 3.02. The van der Waals surface area contributed by atoms with Crippen LogP contribution in [0.1, 0.15) is 0 Å². The molecule has 0 unspecified atom stereocenters. The molecule has 0 bridgehead atoms. The highest BCUT2D eigenvalue weighted by molar-refractivity contribution is 5.98. The maximum Gasteiger partial charge on any atom is 0.573 e. The first-order valence-electron chi connectivity index (χ1n) is 8.30. The lowest BCUT2D eigenvalue weighted by atomic mass is 10.3. The molecule has 1 heterocycles. The van der Waals surface area contributed by atoms with Crippen molar-refractivity contribution in [3.63, 3.8) is 0 Å². The fraction of sp³-hybridized carbons (Fsp3) is 0.312. The second-order valence-electron chi connectivity index (χ2n) is 5.83. The molecule has 0 aliphatic carbocycles. The Hall–Kier alpha value is -3.66. The van der Waals surface area contributed by atoms with E-state index in [4.69, 9.17) is 0 Å². The van der Waals surface area contributed by atoms with E-state index >= 15 is 0 Å². The average Bonchev–Trinajstić information content (AvgIpc) is 2.64. The first kappa shape index (κ1) is 25.6. The quantitative estimate of drug-likeness (QED) is 0.532. The second kappa shape index (κ2) is 9.86. The van der Waals surface area contributed by atoms with Gasteiger partial charge in [0, 0.05) is 5.69 Å². The minimum atomic E-state index is -4.94. The van der Waals surface area contributed by atoms with E-state index in [0.717, 1.165) is 24.3 Å². The zero-order valence-corrected chi connectivity index (χ0v) is 15.7. The largest absolute Gasteiger partial charge is 0.573 e. The first-order chi connectivity index (χ1) is 15.1. The molecule has 33 heavy (non-hydrogen) atoms. The number of hydrogen-bond acceptors (Lipinski definition) is 6. The molecule has 0 spiro atoms. The Labute approximate surface area is 177 Å². The predicted molar refractivity (Wildman–Crippen MR) is 90.9 cm³/mol. The Kier molecular flexibility index (Phi) is 7.65. The number of carbonyl (C=O) groups excluding carboxylic acids is 1. The molecule has 1 aromatic heterocycles. The maximum absolute atomic E-state index is 12.3. The van der Waals surface area contributed by atoms with Crippen molar-refractivity contribution in [2.75, 3.05) is 23.8 Å². The van der Waals surface area contributed by atoms with E-state index < -0.39 is 61.4 Å². The van der Waals surface area contributed by atoms with E-state index in [2.05, 4.69) is 29.5 Å². The van der Waals surface area contributed by atoms with Gasteiger partial charge < -0.3 is 19.5 Å². The Balaban J connectivity index is 2.10. The van der Waals surface area contributed by atoms with Crippen LogP contribution in [0.2, 0.25) is 0 Å². The molecule has 0 aliphatic rings. The molecule has 8 nitrogen and oxygen atoms in total. The van der Waals surface area contributed by atoms with Gasteiger partial charge in [-0.25, -0.2) is 4.79 Å².